The quantitative estimate of drug-likeness (QED) is 0.0972. The van der Waals surface area contributed by atoms with Crippen LogP contribution in [0.4, 0.5) is 20.3 Å². The number of anilines is 2. The van der Waals surface area contributed by atoms with E-state index in [0.29, 0.717) is 60.3 Å². The SMILES string of the molecule is C#Cc1c(F)ccc2cc(O)cc(-c3ncc4c(N5CCC[C@@](C)(O)C5)nc(OCC5(CN6CCC7(CC6)CCN(c6cccc8c(C9CCC(=O)NC9=O)noc68)CC7)CC5)nc4c3F)c12. The van der Waals surface area contributed by atoms with Crippen molar-refractivity contribution in [3.63, 3.8) is 0 Å². The van der Waals surface area contributed by atoms with E-state index < -0.39 is 23.2 Å². The number of phenolic OH excluding ortho intramolecular Hbond substituents is 1. The van der Waals surface area contributed by atoms with Gasteiger partial charge in [-0.2, -0.15) is 9.97 Å². The highest BCUT2D eigenvalue weighted by Gasteiger charge is 2.47. The van der Waals surface area contributed by atoms with Crippen LogP contribution in [-0.2, 0) is 9.59 Å². The lowest BCUT2D eigenvalue weighted by Gasteiger charge is -2.47. The fraction of sp³-hybridized carbons (Fsp3) is 0.451. The second-order valence-electron chi connectivity index (χ2n) is 20.0. The lowest BCUT2D eigenvalue weighted by atomic mass is 9.71. The lowest BCUT2D eigenvalue weighted by molar-refractivity contribution is -0.134. The summed E-state index contributed by atoms with van der Waals surface area (Å²) in [7, 11) is 0. The molecule has 4 saturated heterocycles. The van der Waals surface area contributed by atoms with Crippen LogP contribution in [0.15, 0.2) is 53.2 Å². The van der Waals surface area contributed by atoms with Gasteiger partial charge in [-0.05, 0) is 119 Å². The predicted molar refractivity (Wildman–Crippen MR) is 248 cm³/mol. The van der Waals surface area contributed by atoms with Gasteiger partial charge < -0.3 is 34.2 Å². The van der Waals surface area contributed by atoms with Crippen LogP contribution in [0.2, 0.25) is 0 Å². The molecule has 0 bridgehead atoms. The molecular weight excluding hydrogens is 859 g/mol. The fourth-order valence-corrected chi connectivity index (χ4v) is 11.2. The summed E-state index contributed by atoms with van der Waals surface area (Å²) in [5.74, 6) is 0.0953. The van der Waals surface area contributed by atoms with Crippen molar-refractivity contribution in [3.05, 3.63) is 71.6 Å². The Kier molecular flexibility index (Phi) is 10.6. The number of nitrogens with zero attached hydrogens (tertiary/aromatic N) is 7. The first-order valence-electron chi connectivity index (χ1n) is 23.4. The number of terminal acetylenes is 1. The van der Waals surface area contributed by atoms with Gasteiger partial charge in [-0.25, -0.2) is 8.78 Å². The first-order valence-corrected chi connectivity index (χ1v) is 23.4. The van der Waals surface area contributed by atoms with Crippen LogP contribution >= 0.6 is 0 Å². The van der Waals surface area contributed by atoms with Crippen molar-refractivity contribution in [3.8, 4) is 35.4 Å². The van der Waals surface area contributed by atoms with Crippen LogP contribution in [0.3, 0.4) is 0 Å². The number of halogens is 2. The molecule has 0 radical (unpaired) electrons. The zero-order chi connectivity index (χ0) is 46.2. The van der Waals surface area contributed by atoms with Gasteiger partial charge >= 0.3 is 6.01 Å². The van der Waals surface area contributed by atoms with Crippen molar-refractivity contribution < 1.29 is 37.8 Å². The van der Waals surface area contributed by atoms with Crippen LogP contribution < -0.4 is 19.9 Å². The number of pyridine rings is 1. The number of fused-ring (bicyclic) bond motifs is 3. The zero-order valence-electron chi connectivity index (χ0n) is 37.4. The van der Waals surface area contributed by atoms with Gasteiger partial charge in [-0.15, -0.1) is 6.42 Å². The number of phenols is 1. The number of rotatable bonds is 9. The molecule has 11 rings (SSSR count). The summed E-state index contributed by atoms with van der Waals surface area (Å²) in [6.45, 7) is 7.59. The van der Waals surface area contributed by atoms with Crippen LogP contribution in [0, 0.1) is 34.8 Å². The number of para-hydroxylation sites is 1. The van der Waals surface area contributed by atoms with E-state index in [1.54, 1.807) is 6.92 Å². The molecule has 4 aliphatic heterocycles. The van der Waals surface area contributed by atoms with E-state index in [4.69, 9.17) is 20.7 Å². The van der Waals surface area contributed by atoms with Crippen molar-refractivity contribution in [1.82, 2.24) is 30.3 Å². The van der Waals surface area contributed by atoms with Gasteiger partial charge in [-0.1, -0.05) is 23.2 Å². The number of benzene rings is 3. The molecule has 1 saturated carbocycles. The van der Waals surface area contributed by atoms with Crippen LogP contribution in [-0.4, -0.2) is 105 Å². The van der Waals surface area contributed by atoms with Crippen molar-refractivity contribution >= 4 is 56.0 Å². The van der Waals surface area contributed by atoms with E-state index in [1.165, 1.54) is 30.5 Å². The predicted octanol–water partition coefficient (Wildman–Crippen LogP) is 7.36. The van der Waals surface area contributed by atoms with E-state index in [9.17, 15) is 19.8 Å². The van der Waals surface area contributed by atoms with E-state index in [1.807, 2.05) is 17.0 Å². The summed E-state index contributed by atoms with van der Waals surface area (Å²) in [5, 5.41) is 30.4. The molecule has 1 unspecified atom stereocenters. The number of likely N-dealkylation sites (tertiary alicyclic amines) is 1. The molecule has 1 spiro atoms. The first-order chi connectivity index (χ1) is 32.3. The van der Waals surface area contributed by atoms with E-state index in [0.717, 1.165) is 82.3 Å². The Morgan fingerprint density at radius 3 is 2.51 bits per heavy atom. The fourth-order valence-electron chi connectivity index (χ4n) is 11.2. The Morgan fingerprint density at radius 1 is 0.970 bits per heavy atom. The Morgan fingerprint density at radius 2 is 1.76 bits per heavy atom. The third-order valence-electron chi connectivity index (χ3n) is 15.2. The number of hydrogen-bond donors (Lipinski definition) is 3. The minimum atomic E-state index is -0.988. The highest BCUT2D eigenvalue weighted by molar-refractivity contribution is 6.04. The summed E-state index contributed by atoms with van der Waals surface area (Å²) in [6.07, 6.45) is 15.5. The summed E-state index contributed by atoms with van der Waals surface area (Å²) >= 11 is 0. The minimum Gasteiger partial charge on any atom is -0.508 e. The highest BCUT2D eigenvalue weighted by Crippen LogP contribution is 2.49. The maximum atomic E-state index is 17.1. The number of nitrogens with one attached hydrogen (secondary N) is 1. The summed E-state index contributed by atoms with van der Waals surface area (Å²) in [4.78, 5) is 45.3. The van der Waals surface area contributed by atoms with Gasteiger partial charge in [0.05, 0.1) is 34.8 Å². The monoisotopic (exact) mass is 910 g/mol. The van der Waals surface area contributed by atoms with Crippen LogP contribution in [0.1, 0.15) is 88.3 Å². The van der Waals surface area contributed by atoms with Crippen LogP contribution in [0.25, 0.3) is 43.9 Å². The summed E-state index contributed by atoms with van der Waals surface area (Å²) in [6, 6.07) is 11.5. The number of carbonyl (C=O) groups excluding carboxylic acids is 2. The van der Waals surface area contributed by atoms with Crippen molar-refractivity contribution in [2.75, 3.05) is 62.2 Å². The molecule has 3 aromatic carbocycles. The molecule has 7 heterocycles. The summed E-state index contributed by atoms with van der Waals surface area (Å²) < 4.78 is 44.5. The maximum Gasteiger partial charge on any atom is 0.319 e. The van der Waals surface area contributed by atoms with E-state index in [2.05, 4.69) is 42.2 Å². The normalized spacial score (nSPS) is 22.9. The molecule has 2 atom stereocenters. The standard InChI is InChI=1S/C51H52F2N8O6/c1-3-32-37(52)10-8-30-24-31(62)25-35(40(30)32)43-41(53)44-36(26-54-43)46(61-19-5-12-49(2,65)27-61)57-48(56-44)66-29-51(13-14-51)28-59-20-15-50(16-21-59)17-22-60(23-18-50)38-7-4-6-33-42(58-67-45(33)38)34-9-11-39(63)55-47(34)64/h1,4,6-8,10,24-26,34,62,65H,5,9,11-23,27-29H2,2H3,(H,55,63,64)/t34?,49-/m1/s1. The molecule has 67 heavy (non-hydrogen) atoms. The molecule has 1 aliphatic carbocycles. The van der Waals surface area contributed by atoms with Gasteiger partial charge in [0.1, 0.15) is 34.3 Å². The van der Waals surface area contributed by atoms with Crippen molar-refractivity contribution in [1.29, 1.82) is 0 Å². The number of aliphatic hydroxyl groups is 1. The van der Waals surface area contributed by atoms with E-state index >= 15 is 8.78 Å². The maximum absolute atomic E-state index is 17.1. The Hall–Kier alpha value is -6.44. The number of imide groups is 1. The van der Waals surface area contributed by atoms with Gasteiger partial charge in [0, 0.05) is 67.1 Å². The van der Waals surface area contributed by atoms with Crippen molar-refractivity contribution in [2.45, 2.75) is 82.7 Å². The molecule has 5 aliphatic rings. The molecule has 14 nitrogen and oxygen atoms in total. The smallest absolute Gasteiger partial charge is 0.319 e. The van der Waals surface area contributed by atoms with Crippen LogP contribution in [0.5, 0.6) is 11.8 Å². The topological polar surface area (TPSA) is 170 Å². The highest BCUT2D eigenvalue weighted by atomic mass is 19.1. The number of hydrogen-bond acceptors (Lipinski definition) is 13. The van der Waals surface area contributed by atoms with E-state index in [-0.39, 0.29) is 75.1 Å². The number of carbonyl (C=O) groups is 2. The molecule has 346 valence electrons. The number of aromatic hydroxyl groups is 1. The van der Waals surface area contributed by atoms with Gasteiger partial charge in [0.15, 0.2) is 11.4 Å². The summed E-state index contributed by atoms with van der Waals surface area (Å²) in [5.41, 5.74) is 1.28. The average molecular weight is 911 g/mol. The molecule has 5 fully saturated rings. The van der Waals surface area contributed by atoms with Gasteiger partial charge in [0.2, 0.25) is 11.8 Å². The van der Waals surface area contributed by atoms with Gasteiger partial charge in [0.25, 0.3) is 0 Å². The average Bonchev–Trinajstić information content (AvgIpc) is 3.95. The second-order valence-corrected chi connectivity index (χ2v) is 20.0. The molecule has 16 heteroatoms. The van der Waals surface area contributed by atoms with Crippen molar-refractivity contribution in [2.24, 2.45) is 10.8 Å². The lowest BCUT2D eigenvalue weighted by Crippen LogP contribution is -2.48. The number of aromatic nitrogens is 4. The van der Waals surface area contributed by atoms with Gasteiger partial charge in [-0.3, -0.25) is 19.9 Å². The molecule has 3 aromatic heterocycles. The molecule has 6 aromatic rings. The molecular formula is C51H52F2N8O6. The first kappa shape index (κ1) is 43.1. The Balaban J connectivity index is 0.787. The third-order valence-corrected chi connectivity index (χ3v) is 15.2. The third kappa shape index (κ3) is 7.95. The Labute approximate surface area is 385 Å². The Bertz CT molecular complexity index is 3020. The molecule has 2 amide bonds. The molecule has 3 N–H and O–H groups in total. The minimum absolute atomic E-state index is 0.0174. The largest absolute Gasteiger partial charge is 0.508 e. The second kappa shape index (κ2) is 16.4. The number of ether oxygens (including phenoxy) is 1. The number of β-amino-alcohol motifs (C(OH)–C–C–N with tert-alkyl or cyclic N) is 1. The zero-order valence-corrected chi connectivity index (χ0v) is 37.4. The number of piperidine rings is 4. The number of amides is 2.